The molecule has 0 spiro atoms. The van der Waals surface area contributed by atoms with E-state index in [4.69, 9.17) is 4.74 Å². The van der Waals surface area contributed by atoms with Gasteiger partial charge in [0.15, 0.2) is 0 Å². The molecule has 0 bridgehead atoms. The van der Waals surface area contributed by atoms with Crippen molar-refractivity contribution in [3.05, 3.63) is 51.2 Å². The smallest absolute Gasteiger partial charge is 0.119 e. The predicted molar refractivity (Wildman–Crippen MR) is 86.7 cm³/mol. The zero-order valence-corrected chi connectivity index (χ0v) is 13.5. The highest BCUT2D eigenvalue weighted by Gasteiger charge is 2.10. The summed E-state index contributed by atoms with van der Waals surface area (Å²) in [6.07, 6.45) is 0. The first-order chi connectivity index (χ1) is 9.60. The molecule has 1 aromatic heterocycles. The average molecular weight is 289 g/mol. The molecule has 0 aliphatic carbocycles. The second kappa shape index (κ2) is 6.91. The van der Waals surface area contributed by atoms with E-state index in [0.717, 1.165) is 12.3 Å². The van der Waals surface area contributed by atoms with Gasteiger partial charge in [-0.1, -0.05) is 12.1 Å². The molecule has 1 heterocycles. The minimum Gasteiger partial charge on any atom is -0.494 e. The molecule has 2 aromatic rings. The van der Waals surface area contributed by atoms with Gasteiger partial charge >= 0.3 is 0 Å². The van der Waals surface area contributed by atoms with Crippen molar-refractivity contribution < 1.29 is 4.74 Å². The maximum absolute atomic E-state index is 5.46. The van der Waals surface area contributed by atoms with Crippen molar-refractivity contribution in [3.63, 3.8) is 0 Å². The number of nitrogens with one attached hydrogen (secondary N) is 1. The second-order valence-electron chi connectivity index (χ2n) is 5.05. The number of hydrogen-bond donors (Lipinski definition) is 1. The van der Waals surface area contributed by atoms with E-state index in [1.54, 1.807) is 0 Å². The molecular formula is C17H23NOS. The van der Waals surface area contributed by atoms with Crippen molar-refractivity contribution in [3.8, 4) is 5.75 Å². The Bertz CT molecular complexity index is 545. The summed E-state index contributed by atoms with van der Waals surface area (Å²) in [4.78, 5) is 2.79. The minimum absolute atomic E-state index is 0.381. The summed E-state index contributed by atoms with van der Waals surface area (Å²) in [5.74, 6) is 0.939. The van der Waals surface area contributed by atoms with Crippen LogP contribution in [0.1, 0.15) is 40.8 Å². The first kappa shape index (κ1) is 15.1. The van der Waals surface area contributed by atoms with Crippen molar-refractivity contribution in [1.29, 1.82) is 0 Å². The van der Waals surface area contributed by atoms with Crippen LogP contribution in [0.3, 0.4) is 0 Å². The lowest BCUT2D eigenvalue weighted by molar-refractivity contribution is 0.340. The van der Waals surface area contributed by atoms with E-state index in [1.807, 2.05) is 30.4 Å². The molecule has 0 saturated carbocycles. The molecule has 0 radical (unpaired) electrons. The molecule has 0 fully saturated rings. The monoisotopic (exact) mass is 289 g/mol. The van der Waals surface area contributed by atoms with Gasteiger partial charge in [0.1, 0.15) is 5.75 Å². The largest absolute Gasteiger partial charge is 0.494 e. The molecule has 20 heavy (non-hydrogen) atoms. The van der Waals surface area contributed by atoms with Gasteiger partial charge < -0.3 is 10.1 Å². The number of thiophene rings is 1. The van der Waals surface area contributed by atoms with Gasteiger partial charge in [0.05, 0.1) is 6.61 Å². The van der Waals surface area contributed by atoms with Crippen molar-refractivity contribution in [2.45, 2.75) is 40.3 Å². The molecule has 0 amide bonds. The van der Waals surface area contributed by atoms with Gasteiger partial charge in [-0.3, -0.25) is 0 Å². The van der Waals surface area contributed by atoms with Crippen LogP contribution in [-0.2, 0) is 6.54 Å². The van der Waals surface area contributed by atoms with E-state index in [-0.39, 0.29) is 0 Å². The fourth-order valence-electron chi connectivity index (χ4n) is 2.33. The Morgan fingerprint density at radius 2 is 1.90 bits per heavy atom. The Labute approximate surface area is 125 Å². The molecule has 1 unspecified atom stereocenters. The molecule has 1 aromatic carbocycles. The van der Waals surface area contributed by atoms with Gasteiger partial charge in [-0.15, -0.1) is 11.3 Å². The van der Waals surface area contributed by atoms with Crippen LogP contribution in [0.4, 0.5) is 0 Å². The molecule has 1 atom stereocenters. The first-order valence-electron chi connectivity index (χ1n) is 7.12. The highest BCUT2D eigenvalue weighted by molar-refractivity contribution is 7.12. The number of hydrogen-bond acceptors (Lipinski definition) is 3. The third-order valence-electron chi connectivity index (χ3n) is 3.39. The third kappa shape index (κ3) is 3.84. The Kier molecular flexibility index (Phi) is 5.21. The van der Waals surface area contributed by atoms with Crippen LogP contribution in [0.25, 0.3) is 0 Å². The molecule has 0 aliphatic rings. The van der Waals surface area contributed by atoms with E-state index in [9.17, 15) is 0 Å². The average Bonchev–Trinajstić information content (AvgIpc) is 2.77. The van der Waals surface area contributed by atoms with Crippen LogP contribution in [0.5, 0.6) is 5.75 Å². The molecule has 2 nitrogen and oxygen atoms in total. The van der Waals surface area contributed by atoms with E-state index in [0.29, 0.717) is 12.6 Å². The summed E-state index contributed by atoms with van der Waals surface area (Å²) in [6, 6.07) is 11.0. The van der Waals surface area contributed by atoms with Gasteiger partial charge in [0.25, 0.3) is 0 Å². The molecule has 3 heteroatoms. The lowest BCUT2D eigenvalue weighted by atomic mass is 10.1. The topological polar surface area (TPSA) is 21.3 Å². The Hall–Kier alpha value is -1.32. The summed E-state index contributed by atoms with van der Waals surface area (Å²) in [6.45, 7) is 10.2. The first-order valence-corrected chi connectivity index (χ1v) is 7.94. The summed E-state index contributed by atoms with van der Waals surface area (Å²) in [5, 5.41) is 3.59. The Morgan fingerprint density at radius 3 is 2.45 bits per heavy atom. The van der Waals surface area contributed by atoms with Crippen molar-refractivity contribution in [2.24, 2.45) is 0 Å². The summed E-state index contributed by atoms with van der Waals surface area (Å²) >= 11 is 1.87. The summed E-state index contributed by atoms with van der Waals surface area (Å²) < 4.78 is 5.46. The van der Waals surface area contributed by atoms with Crippen LogP contribution in [0.2, 0.25) is 0 Å². The Balaban J connectivity index is 1.92. The lowest BCUT2D eigenvalue weighted by Gasteiger charge is -2.14. The quantitative estimate of drug-likeness (QED) is 0.838. The molecule has 2 rings (SSSR count). The number of benzene rings is 1. The van der Waals surface area contributed by atoms with Crippen LogP contribution in [0.15, 0.2) is 30.3 Å². The van der Waals surface area contributed by atoms with Crippen molar-refractivity contribution in [2.75, 3.05) is 6.61 Å². The molecule has 0 saturated heterocycles. The molecule has 0 aliphatic heterocycles. The Morgan fingerprint density at radius 1 is 1.20 bits per heavy atom. The zero-order valence-electron chi connectivity index (χ0n) is 12.7. The van der Waals surface area contributed by atoms with Crippen molar-refractivity contribution in [1.82, 2.24) is 5.32 Å². The maximum Gasteiger partial charge on any atom is 0.119 e. The van der Waals surface area contributed by atoms with Gasteiger partial charge in [-0.2, -0.15) is 0 Å². The SMILES string of the molecule is CCOc1ccc(CNC(C)c2cc(C)sc2C)cc1. The third-order valence-corrected chi connectivity index (χ3v) is 4.37. The van der Waals surface area contributed by atoms with E-state index in [2.05, 4.69) is 44.3 Å². The van der Waals surface area contributed by atoms with Crippen LogP contribution < -0.4 is 10.1 Å². The zero-order chi connectivity index (χ0) is 14.5. The fraction of sp³-hybridized carbons (Fsp3) is 0.412. The molecular weight excluding hydrogens is 266 g/mol. The molecule has 108 valence electrons. The number of ether oxygens (including phenoxy) is 1. The minimum atomic E-state index is 0.381. The second-order valence-corrected chi connectivity index (χ2v) is 6.51. The summed E-state index contributed by atoms with van der Waals surface area (Å²) in [5.41, 5.74) is 2.70. The highest BCUT2D eigenvalue weighted by Crippen LogP contribution is 2.26. The van der Waals surface area contributed by atoms with Gasteiger partial charge in [0.2, 0.25) is 0 Å². The molecule has 1 N–H and O–H groups in total. The number of rotatable bonds is 6. The standard InChI is InChI=1S/C17H23NOS/c1-5-19-16-8-6-15(7-9-16)11-18-13(3)17-10-12(2)20-14(17)4/h6-10,13,18H,5,11H2,1-4H3. The summed E-state index contributed by atoms with van der Waals surface area (Å²) in [7, 11) is 0. The normalized spacial score (nSPS) is 12.4. The highest BCUT2D eigenvalue weighted by atomic mass is 32.1. The van der Waals surface area contributed by atoms with Crippen molar-refractivity contribution >= 4 is 11.3 Å². The van der Waals surface area contributed by atoms with E-state index >= 15 is 0 Å². The fourth-order valence-corrected chi connectivity index (χ4v) is 3.35. The van der Waals surface area contributed by atoms with E-state index < -0.39 is 0 Å². The number of aryl methyl sites for hydroxylation is 2. The van der Waals surface area contributed by atoms with Gasteiger partial charge in [-0.05, 0) is 57.0 Å². The van der Waals surface area contributed by atoms with Gasteiger partial charge in [0, 0.05) is 22.3 Å². The van der Waals surface area contributed by atoms with Crippen LogP contribution >= 0.6 is 11.3 Å². The predicted octanol–water partition coefficient (Wildman–Crippen LogP) is 4.61. The van der Waals surface area contributed by atoms with Crippen LogP contribution in [-0.4, -0.2) is 6.61 Å². The maximum atomic E-state index is 5.46. The van der Waals surface area contributed by atoms with E-state index in [1.165, 1.54) is 20.9 Å². The van der Waals surface area contributed by atoms with Crippen LogP contribution in [0, 0.1) is 13.8 Å². The lowest BCUT2D eigenvalue weighted by Crippen LogP contribution is -2.18. The van der Waals surface area contributed by atoms with Gasteiger partial charge in [-0.25, -0.2) is 0 Å².